The summed E-state index contributed by atoms with van der Waals surface area (Å²) in [4.78, 5) is 24.2. The lowest BCUT2D eigenvalue weighted by Gasteiger charge is -2.10. The van der Waals surface area contributed by atoms with Crippen LogP contribution >= 0.6 is 0 Å². The first-order valence-electron chi connectivity index (χ1n) is 6.84. The van der Waals surface area contributed by atoms with Crippen LogP contribution in [0.4, 0.5) is 5.69 Å². The summed E-state index contributed by atoms with van der Waals surface area (Å²) in [6.07, 6.45) is 4.49. The molecule has 0 spiro atoms. The van der Waals surface area contributed by atoms with E-state index >= 15 is 0 Å². The molecule has 0 aliphatic carbocycles. The molecule has 0 aliphatic rings. The Morgan fingerprint density at radius 3 is 2.79 bits per heavy atom. The average molecular weight is 327 g/mol. The second-order valence-corrected chi connectivity index (χ2v) is 4.53. The van der Waals surface area contributed by atoms with Gasteiger partial charge in [0.1, 0.15) is 17.2 Å². The lowest BCUT2D eigenvalue weighted by atomic mass is 10.2. The second kappa shape index (κ2) is 6.73. The number of carbonyl (C=O) groups is 1. The van der Waals surface area contributed by atoms with Gasteiger partial charge in [-0.15, -0.1) is 0 Å². The minimum atomic E-state index is -0.568. The van der Waals surface area contributed by atoms with Crippen molar-refractivity contribution in [3.63, 3.8) is 0 Å². The van der Waals surface area contributed by atoms with Crippen LogP contribution in [0, 0.1) is 0 Å². The van der Waals surface area contributed by atoms with Gasteiger partial charge in [0, 0.05) is 18.5 Å². The third kappa shape index (κ3) is 3.14. The zero-order valence-electron chi connectivity index (χ0n) is 12.9. The molecule has 3 aromatic rings. The van der Waals surface area contributed by atoms with Gasteiger partial charge >= 0.3 is 11.8 Å². The van der Waals surface area contributed by atoms with Gasteiger partial charge in [-0.25, -0.2) is 4.98 Å². The number of benzene rings is 1. The average Bonchev–Trinajstić information content (AvgIpc) is 3.13. The van der Waals surface area contributed by atoms with E-state index in [1.807, 2.05) is 0 Å². The summed E-state index contributed by atoms with van der Waals surface area (Å²) in [6.45, 7) is 0. The summed E-state index contributed by atoms with van der Waals surface area (Å²) in [5.74, 6) is 0.452. The lowest BCUT2D eigenvalue weighted by Crippen LogP contribution is -2.13. The van der Waals surface area contributed by atoms with Gasteiger partial charge in [-0.1, -0.05) is 5.16 Å². The highest BCUT2D eigenvalue weighted by atomic mass is 16.5. The van der Waals surface area contributed by atoms with Crippen LogP contribution in [-0.4, -0.2) is 40.2 Å². The van der Waals surface area contributed by atoms with Gasteiger partial charge in [0.2, 0.25) is 5.82 Å². The maximum atomic E-state index is 12.3. The highest BCUT2D eigenvalue weighted by Crippen LogP contribution is 2.29. The fourth-order valence-corrected chi connectivity index (χ4v) is 1.91. The summed E-state index contributed by atoms with van der Waals surface area (Å²) in [5.41, 5.74) is 0.852. The predicted molar refractivity (Wildman–Crippen MR) is 82.8 cm³/mol. The molecule has 0 bridgehead atoms. The molecule has 2 heterocycles. The Morgan fingerprint density at radius 2 is 2.08 bits per heavy atom. The molecule has 0 radical (unpaired) electrons. The van der Waals surface area contributed by atoms with E-state index < -0.39 is 5.91 Å². The van der Waals surface area contributed by atoms with Gasteiger partial charge in [0.25, 0.3) is 0 Å². The zero-order valence-corrected chi connectivity index (χ0v) is 12.9. The Labute approximate surface area is 136 Å². The molecule has 2 aromatic heterocycles. The topological polar surface area (TPSA) is 112 Å². The Morgan fingerprint density at radius 1 is 1.21 bits per heavy atom. The van der Waals surface area contributed by atoms with Crippen molar-refractivity contribution in [2.24, 2.45) is 0 Å². The number of aromatic nitrogens is 4. The first kappa shape index (κ1) is 15.4. The van der Waals surface area contributed by atoms with Gasteiger partial charge in [0.05, 0.1) is 26.1 Å². The van der Waals surface area contributed by atoms with Gasteiger partial charge in [-0.05, 0) is 12.1 Å². The number of amides is 1. The fourth-order valence-electron chi connectivity index (χ4n) is 1.91. The molecular weight excluding hydrogens is 314 g/mol. The van der Waals surface area contributed by atoms with E-state index in [-0.39, 0.29) is 11.7 Å². The number of carbonyl (C=O) groups excluding carboxylic acids is 1. The molecule has 0 saturated carbocycles. The number of nitrogens with zero attached hydrogens (tertiary/aromatic N) is 4. The van der Waals surface area contributed by atoms with Crippen LogP contribution in [-0.2, 0) is 0 Å². The molecule has 122 valence electrons. The number of hydrogen-bond acceptors (Lipinski definition) is 8. The summed E-state index contributed by atoms with van der Waals surface area (Å²) in [5, 5.41) is 6.36. The summed E-state index contributed by atoms with van der Waals surface area (Å²) >= 11 is 0. The second-order valence-electron chi connectivity index (χ2n) is 4.53. The third-order valence-electron chi connectivity index (χ3n) is 3.07. The molecule has 1 amide bonds. The number of methoxy groups -OCH3 is 2. The van der Waals surface area contributed by atoms with Crippen molar-refractivity contribution >= 4 is 11.6 Å². The first-order chi connectivity index (χ1) is 11.7. The molecule has 0 unspecified atom stereocenters. The molecule has 9 heteroatoms. The van der Waals surface area contributed by atoms with Crippen LogP contribution < -0.4 is 14.8 Å². The van der Waals surface area contributed by atoms with Crippen LogP contribution in [0.25, 0.3) is 11.5 Å². The van der Waals surface area contributed by atoms with E-state index in [0.29, 0.717) is 22.9 Å². The minimum Gasteiger partial charge on any atom is -0.497 e. The predicted octanol–water partition coefficient (Wildman–Crippen LogP) is 1.80. The maximum absolute atomic E-state index is 12.3. The summed E-state index contributed by atoms with van der Waals surface area (Å²) in [7, 11) is 3.03. The smallest absolute Gasteiger partial charge is 0.316 e. The van der Waals surface area contributed by atoms with Crippen LogP contribution in [0.15, 0.2) is 41.3 Å². The Bertz CT molecular complexity index is 850. The molecule has 9 nitrogen and oxygen atoms in total. The molecular formula is C15H13N5O4. The van der Waals surface area contributed by atoms with Gasteiger partial charge in [-0.3, -0.25) is 9.78 Å². The van der Waals surface area contributed by atoms with E-state index in [9.17, 15) is 4.79 Å². The highest BCUT2D eigenvalue weighted by Gasteiger charge is 2.18. The van der Waals surface area contributed by atoms with Gasteiger partial charge < -0.3 is 19.3 Å². The molecule has 1 aromatic carbocycles. The van der Waals surface area contributed by atoms with Crippen LogP contribution in [0.5, 0.6) is 11.5 Å². The van der Waals surface area contributed by atoms with E-state index in [1.54, 1.807) is 25.3 Å². The van der Waals surface area contributed by atoms with Crippen molar-refractivity contribution in [1.29, 1.82) is 0 Å². The fraction of sp³-hybridized carbons (Fsp3) is 0.133. The van der Waals surface area contributed by atoms with E-state index in [4.69, 9.17) is 14.0 Å². The monoisotopic (exact) mass is 327 g/mol. The van der Waals surface area contributed by atoms with Crippen molar-refractivity contribution in [3.05, 3.63) is 42.7 Å². The van der Waals surface area contributed by atoms with Crippen molar-refractivity contribution in [1.82, 2.24) is 20.1 Å². The SMILES string of the molecule is COc1ccc(NC(=O)c2nc(-c3cnccn3)no2)c(OC)c1. The van der Waals surface area contributed by atoms with Crippen molar-refractivity contribution in [2.75, 3.05) is 19.5 Å². The van der Waals surface area contributed by atoms with Crippen molar-refractivity contribution < 1.29 is 18.8 Å². The highest BCUT2D eigenvalue weighted by molar-refractivity contribution is 6.02. The van der Waals surface area contributed by atoms with E-state index in [1.165, 1.54) is 25.7 Å². The van der Waals surface area contributed by atoms with Crippen molar-refractivity contribution in [3.8, 4) is 23.0 Å². The van der Waals surface area contributed by atoms with Gasteiger partial charge in [-0.2, -0.15) is 4.98 Å². The molecule has 0 fully saturated rings. The lowest BCUT2D eigenvalue weighted by molar-refractivity contribution is 0.0981. The van der Waals surface area contributed by atoms with Crippen molar-refractivity contribution in [2.45, 2.75) is 0 Å². The quantitative estimate of drug-likeness (QED) is 0.755. The zero-order chi connectivity index (χ0) is 16.9. The Balaban J connectivity index is 1.80. The molecule has 3 rings (SSSR count). The molecule has 24 heavy (non-hydrogen) atoms. The number of nitrogens with one attached hydrogen (secondary N) is 1. The van der Waals surface area contributed by atoms with Gasteiger partial charge in [0.15, 0.2) is 0 Å². The molecule has 0 atom stereocenters. The van der Waals surface area contributed by atoms with Crippen LogP contribution in [0.3, 0.4) is 0 Å². The van der Waals surface area contributed by atoms with Crippen LogP contribution in [0.2, 0.25) is 0 Å². The van der Waals surface area contributed by atoms with E-state index in [0.717, 1.165) is 0 Å². The molecule has 1 N–H and O–H groups in total. The Kier molecular flexibility index (Phi) is 4.32. The third-order valence-corrected chi connectivity index (χ3v) is 3.07. The maximum Gasteiger partial charge on any atom is 0.316 e. The van der Waals surface area contributed by atoms with Crippen LogP contribution in [0.1, 0.15) is 10.7 Å². The summed E-state index contributed by atoms with van der Waals surface area (Å²) < 4.78 is 15.3. The largest absolute Gasteiger partial charge is 0.497 e. The summed E-state index contributed by atoms with van der Waals surface area (Å²) in [6, 6.07) is 4.99. The number of anilines is 1. The number of rotatable bonds is 5. The van der Waals surface area contributed by atoms with E-state index in [2.05, 4.69) is 25.4 Å². The normalized spacial score (nSPS) is 10.2. The minimum absolute atomic E-state index is 0.176. The first-order valence-corrected chi connectivity index (χ1v) is 6.84. The number of hydrogen-bond donors (Lipinski definition) is 1. The standard InChI is InChI=1S/C15H13N5O4/c1-22-9-3-4-10(12(7-9)23-2)18-14(21)15-19-13(20-24-15)11-8-16-5-6-17-11/h3-8H,1-2H3,(H,18,21). The molecule has 0 aliphatic heterocycles. The Hall–Kier alpha value is -3.49. The molecule has 0 saturated heterocycles. The number of ether oxygens (including phenoxy) is 2.